The minimum atomic E-state index is 0.361. The standard InChI is InChI=1S/C6H10O3.C6H14O/c1(5-3-8-5)7-2-6-4-9-6;1-2-3-4-5-6-7/h5-6H,1-4H2;7H,2-6H2,1H3. The zero-order chi connectivity index (χ0) is 11.6. The van der Waals surface area contributed by atoms with Crippen LogP contribution >= 0.6 is 0 Å². The summed E-state index contributed by atoms with van der Waals surface area (Å²) in [5.74, 6) is 0. The van der Waals surface area contributed by atoms with Crippen LogP contribution in [0, 0.1) is 0 Å². The highest BCUT2D eigenvalue weighted by Crippen LogP contribution is 2.12. The van der Waals surface area contributed by atoms with Crippen molar-refractivity contribution in [2.24, 2.45) is 0 Å². The number of ether oxygens (including phenoxy) is 3. The van der Waals surface area contributed by atoms with E-state index in [9.17, 15) is 0 Å². The van der Waals surface area contributed by atoms with Crippen LogP contribution in [0.5, 0.6) is 0 Å². The predicted octanol–water partition coefficient (Wildman–Crippen LogP) is 1.36. The van der Waals surface area contributed by atoms with E-state index in [1.54, 1.807) is 0 Å². The fourth-order valence-corrected chi connectivity index (χ4v) is 1.20. The Bertz CT molecular complexity index is 139. The van der Waals surface area contributed by atoms with Gasteiger partial charge in [-0.05, 0) is 6.42 Å². The maximum atomic E-state index is 8.29. The number of unbranched alkanes of at least 4 members (excludes halogenated alkanes) is 3. The lowest BCUT2D eigenvalue weighted by Gasteiger charge is -1.95. The molecule has 2 rings (SSSR count). The first-order valence-electron chi connectivity index (χ1n) is 6.28. The van der Waals surface area contributed by atoms with Crippen LogP contribution in [0.4, 0.5) is 0 Å². The molecule has 16 heavy (non-hydrogen) atoms. The molecule has 1 N–H and O–H groups in total. The van der Waals surface area contributed by atoms with Crippen LogP contribution in [0.15, 0.2) is 0 Å². The van der Waals surface area contributed by atoms with Gasteiger partial charge < -0.3 is 19.3 Å². The van der Waals surface area contributed by atoms with Gasteiger partial charge in [0.2, 0.25) is 0 Å². The molecule has 2 fully saturated rings. The lowest BCUT2D eigenvalue weighted by molar-refractivity contribution is 0.102. The molecule has 2 aliphatic rings. The van der Waals surface area contributed by atoms with Crippen molar-refractivity contribution in [2.75, 3.05) is 33.0 Å². The van der Waals surface area contributed by atoms with Gasteiger partial charge in [0.15, 0.2) is 0 Å². The van der Waals surface area contributed by atoms with Crippen molar-refractivity contribution < 1.29 is 19.3 Å². The second-order valence-corrected chi connectivity index (χ2v) is 4.23. The van der Waals surface area contributed by atoms with Crippen molar-refractivity contribution in [1.82, 2.24) is 0 Å². The summed E-state index contributed by atoms with van der Waals surface area (Å²) in [5.41, 5.74) is 0. The first-order chi connectivity index (χ1) is 7.86. The van der Waals surface area contributed by atoms with Crippen LogP contribution in [0.25, 0.3) is 0 Å². The Balaban J connectivity index is 0.000000168. The monoisotopic (exact) mass is 232 g/mol. The van der Waals surface area contributed by atoms with Gasteiger partial charge in [0.05, 0.1) is 26.4 Å². The van der Waals surface area contributed by atoms with Gasteiger partial charge in [0.1, 0.15) is 12.2 Å². The summed E-state index contributed by atoms with van der Waals surface area (Å²) in [6.07, 6.45) is 5.47. The van der Waals surface area contributed by atoms with E-state index in [1.165, 1.54) is 19.3 Å². The number of hydrogen-bond acceptors (Lipinski definition) is 4. The molecule has 2 atom stereocenters. The molecule has 0 saturated carbocycles. The van der Waals surface area contributed by atoms with Crippen molar-refractivity contribution in [3.05, 3.63) is 0 Å². The van der Waals surface area contributed by atoms with Crippen LogP contribution in [0.2, 0.25) is 0 Å². The number of epoxide rings is 2. The molecule has 2 aliphatic heterocycles. The normalized spacial score (nSPS) is 25.9. The third-order valence-electron chi connectivity index (χ3n) is 2.42. The summed E-state index contributed by atoms with van der Waals surface area (Å²) < 4.78 is 15.1. The second kappa shape index (κ2) is 8.93. The third kappa shape index (κ3) is 9.09. The molecule has 0 spiro atoms. The zero-order valence-corrected chi connectivity index (χ0v) is 10.2. The Morgan fingerprint density at radius 3 is 2.00 bits per heavy atom. The van der Waals surface area contributed by atoms with Gasteiger partial charge in [0, 0.05) is 6.61 Å². The molecule has 4 heteroatoms. The third-order valence-corrected chi connectivity index (χ3v) is 2.42. The molecule has 0 amide bonds. The molecular formula is C12H24O4. The van der Waals surface area contributed by atoms with E-state index in [2.05, 4.69) is 6.92 Å². The Kier molecular flexibility index (Phi) is 7.76. The molecule has 2 saturated heterocycles. The summed E-state index contributed by atoms with van der Waals surface area (Å²) in [4.78, 5) is 0. The highest BCUT2D eigenvalue weighted by atomic mass is 16.6. The number of hydrogen-bond donors (Lipinski definition) is 1. The maximum Gasteiger partial charge on any atom is 0.104 e. The van der Waals surface area contributed by atoms with Crippen molar-refractivity contribution in [1.29, 1.82) is 0 Å². The molecule has 0 aromatic carbocycles. The summed E-state index contributed by atoms with van der Waals surface area (Å²) >= 11 is 0. The number of aliphatic hydroxyl groups excluding tert-OH is 1. The summed E-state index contributed by atoms with van der Waals surface area (Å²) in [6, 6.07) is 0. The van der Waals surface area contributed by atoms with Crippen LogP contribution in [-0.4, -0.2) is 50.3 Å². The second-order valence-electron chi connectivity index (χ2n) is 4.23. The average Bonchev–Trinajstić information content (AvgIpc) is 3.14. The van der Waals surface area contributed by atoms with Gasteiger partial charge in [-0.15, -0.1) is 0 Å². The Morgan fingerprint density at radius 1 is 1.06 bits per heavy atom. The van der Waals surface area contributed by atoms with E-state index < -0.39 is 0 Å². The molecule has 0 aromatic heterocycles. The first-order valence-corrected chi connectivity index (χ1v) is 6.28. The largest absolute Gasteiger partial charge is 0.396 e. The van der Waals surface area contributed by atoms with E-state index in [1.807, 2.05) is 0 Å². The fraction of sp³-hybridized carbons (Fsp3) is 1.00. The number of rotatable bonds is 8. The van der Waals surface area contributed by atoms with Crippen molar-refractivity contribution in [3.63, 3.8) is 0 Å². The van der Waals surface area contributed by atoms with Crippen molar-refractivity contribution >= 4 is 0 Å². The van der Waals surface area contributed by atoms with Crippen molar-refractivity contribution in [2.45, 2.75) is 44.8 Å². The molecule has 4 nitrogen and oxygen atoms in total. The minimum Gasteiger partial charge on any atom is -0.396 e. The lowest BCUT2D eigenvalue weighted by atomic mass is 10.2. The molecule has 0 bridgehead atoms. The van der Waals surface area contributed by atoms with Gasteiger partial charge in [-0.2, -0.15) is 0 Å². The van der Waals surface area contributed by atoms with E-state index in [0.717, 1.165) is 32.8 Å². The van der Waals surface area contributed by atoms with Crippen molar-refractivity contribution in [3.8, 4) is 0 Å². The van der Waals surface area contributed by atoms with Crippen LogP contribution < -0.4 is 0 Å². The molecule has 2 heterocycles. The summed E-state index contributed by atoms with van der Waals surface area (Å²) in [6.45, 7) is 5.79. The van der Waals surface area contributed by atoms with Gasteiger partial charge in [-0.1, -0.05) is 26.2 Å². The Morgan fingerprint density at radius 2 is 1.62 bits per heavy atom. The number of aliphatic hydroxyl groups is 1. The van der Waals surface area contributed by atoms with Gasteiger partial charge >= 0.3 is 0 Å². The highest BCUT2D eigenvalue weighted by molar-refractivity contribution is 4.71. The first kappa shape index (κ1) is 13.9. The Hall–Kier alpha value is -0.160. The summed E-state index contributed by atoms with van der Waals surface area (Å²) in [5, 5.41) is 8.29. The van der Waals surface area contributed by atoms with E-state index >= 15 is 0 Å². The van der Waals surface area contributed by atoms with Gasteiger partial charge in [0.25, 0.3) is 0 Å². The molecule has 0 aliphatic carbocycles. The lowest BCUT2D eigenvalue weighted by Crippen LogP contribution is -2.06. The highest BCUT2D eigenvalue weighted by Gasteiger charge is 2.26. The Labute approximate surface area is 97.9 Å². The molecule has 0 radical (unpaired) electrons. The SMILES string of the molecule is C(OCC1CO1)C1CO1.CCCCCCO. The minimum absolute atomic E-state index is 0.361. The molecule has 2 unspecified atom stereocenters. The van der Waals surface area contributed by atoms with Gasteiger partial charge in [-0.3, -0.25) is 0 Å². The van der Waals surface area contributed by atoms with E-state index in [-0.39, 0.29) is 0 Å². The molecule has 0 aromatic rings. The van der Waals surface area contributed by atoms with E-state index in [4.69, 9.17) is 19.3 Å². The van der Waals surface area contributed by atoms with Gasteiger partial charge in [-0.25, -0.2) is 0 Å². The smallest absolute Gasteiger partial charge is 0.104 e. The predicted molar refractivity (Wildman–Crippen MR) is 61.5 cm³/mol. The quantitative estimate of drug-likeness (QED) is 0.507. The summed E-state index contributed by atoms with van der Waals surface area (Å²) in [7, 11) is 0. The average molecular weight is 232 g/mol. The maximum absolute atomic E-state index is 8.29. The van der Waals surface area contributed by atoms with Crippen LogP contribution in [0.1, 0.15) is 32.6 Å². The molecule has 96 valence electrons. The van der Waals surface area contributed by atoms with Crippen LogP contribution in [0.3, 0.4) is 0 Å². The van der Waals surface area contributed by atoms with Crippen LogP contribution in [-0.2, 0) is 14.2 Å². The fourth-order valence-electron chi connectivity index (χ4n) is 1.20. The topological polar surface area (TPSA) is 54.5 Å². The molecular weight excluding hydrogens is 208 g/mol. The van der Waals surface area contributed by atoms with E-state index in [0.29, 0.717) is 18.8 Å². The zero-order valence-electron chi connectivity index (χ0n) is 10.2.